The minimum absolute atomic E-state index is 0.922. The van der Waals surface area contributed by atoms with Crippen LogP contribution in [0.1, 0.15) is 0 Å². The van der Waals surface area contributed by atoms with Gasteiger partial charge in [-0.05, 0) is 83.1 Å². The molecule has 0 saturated carbocycles. The van der Waals surface area contributed by atoms with Gasteiger partial charge in [0.2, 0.25) is 0 Å². The van der Waals surface area contributed by atoms with Crippen molar-refractivity contribution in [3.8, 4) is 44.8 Å². The highest BCUT2D eigenvalue weighted by atomic mass is 28.3. The molecule has 1 aliphatic heterocycles. The quantitative estimate of drug-likeness (QED) is 0.105. The second-order valence-corrected chi connectivity index (χ2v) is 19.2. The van der Waals surface area contributed by atoms with Crippen molar-refractivity contribution in [2.75, 3.05) is 0 Å². The van der Waals surface area contributed by atoms with E-state index in [-0.39, 0.29) is 0 Å². The Balaban J connectivity index is 1.13. The van der Waals surface area contributed by atoms with Crippen LogP contribution in [0, 0.1) is 0 Å². The summed E-state index contributed by atoms with van der Waals surface area (Å²) < 4.78 is 0. The molecule has 0 unspecified atom stereocenters. The van der Waals surface area contributed by atoms with Crippen LogP contribution in [0.3, 0.4) is 0 Å². The van der Waals surface area contributed by atoms with Crippen molar-refractivity contribution in [2.24, 2.45) is 0 Å². The summed E-state index contributed by atoms with van der Waals surface area (Å²) in [6.07, 6.45) is 0. The highest BCUT2D eigenvalue weighted by Gasteiger charge is 2.38. The predicted octanol–water partition coefficient (Wildman–Crippen LogP) is 12.0. The summed E-state index contributed by atoms with van der Waals surface area (Å²) in [5.74, 6) is 0. The smallest absolute Gasteiger partial charge is 0.114 e. The molecule has 0 fully saturated rings. The number of fused-ring (bicyclic) bond motifs is 10. The van der Waals surface area contributed by atoms with Crippen molar-refractivity contribution >= 4 is 72.6 Å². The van der Waals surface area contributed by atoms with E-state index in [1.807, 2.05) is 6.07 Å². The van der Waals surface area contributed by atoms with E-state index in [0.29, 0.717) is 0 Å². The van der Waals surface area contributed by atoms with Crippen LogP contribution in [0.15, 0.2) is 170 Å². The van der Waals surface area contributed by atoms with Gasteiger partial charge in [0, 0.05) is 21.9 Å². The Kier molecular flexibility index (Phi) is 6.44. The van der Waals surface area contributed by atoms with E-state index in [2.05, 4.69) is 177 Å². The van der Waals surface area contributed by atoms with Gasteiger partial charge < -0.3 is 0 Å². The summed E-state index contributed by atoms with van der Waals surface area (Å²) in [5, 5.41) is 12.8. The number of aromatic nitrogens is 2. The van der Waals surface area contributed by atoms with Gasteiger partial charge in [-0.3, -0.25) is 0 Å². The minimum atomic E-state index is -1.84. The Bertz CT molecular complexity index is 3090. The van der Waals surface area contributed by atoms with Crippen LogP contribution < -0.4 is 10.4 Å². The molecule has 0 amide bonds. The fourth-order valence-electron chi connectivity index (χ4n) is 9.17. The van der Waals surface area contributed by atoms with E-state index in [9.17, 15) is 0 Å². The zero-order valence-corrected chi connectivity index (χ0v) is 30.6. The molecule has 11 rings (SSSR count). The number of hydrogen-bond acceptors (Lipinski definition) is 2. The third-order valence-electron chi connectivity index (χ3n) is 11.6. The standard InChI is InChI=1S/C50H34N2Si/c1-53(2)45-19-11-10-14-37(45)42-27-22-34-30-35(23-26-36(34)50(42)53)46-38-15-6-8-17-40(38)47(41-18-9-7-16-39(41)46)44-29-25-33-21-20-32-24-28-43(31-12-4-3-5-13-31)51-48(32)49(33)52-44/h3-30H,1-2H3. The molecule has 8 aromatic carbocycles. The number of pyridine rings is 2. The van der Waals surface area contributed by atoms with E-state index in [0.717, 1.165) is 44.3 Å². The van der Waals surface area contributed by atoms with Crippen LogP contribution in [-0.2, 0) is 0 Å². The number of rotatable bonds is 3. The van der Waals surface area contributed by atoms with Crippen molar-refractivity contribution in [2.45, 2.75) is 13.1 Å². The summed E-state index contributed by atoms with van der Waals surface area (Å²) in [7, 11) is -1.84. The molecule has 248 valence electrons. The second kappa shape index (κ2) is 11.3. The van der Waals surface area contributed by atoms with Crippen LogP contribution in [-0.4, -0.2) is 18.0 Å². The lowest BCUT2D eigenvalue weighted by Crippen LogP contribution is -2.49. The molecular weight excluding hydrogens is 657 g/mol. The van der Waals surface area contributed by atoms with E-state index < -0.39 is 8.07 Å². The largest absolute Gasteiger partial charge is 0.245 e. The first-order valence-electron chi connectivity index (χ1n) is 18.4. The fraction of sp³-hybridized carbons (Fsp3) is 0.0400. The Hall–Kier alpha value is -6.42. The summed E-state index contributed by atoms with van der Waals surface area (Å²) in [4.78, 5) is 10.7. The van der Waals surface area contributed by atoms with E-state index in [1.165, 1.54) is 54.6 Å². The molecule has 2 aromatic heterocycles. The van der Waals surface area contributed by atoms with Crippen LogP contribution in [0.4, 0.5) is 0 Å². The average Bonchev–Trinajstić information content (AvgIpc) is 3.45. The third kappa shape index (κ3) is 4.44. The maximum Gasteiger partial charge on any atom is 0.114 e. The highest BCUT2D eigenvalue weighted by Crippen LogP contribution is 2.44. The lowest BCUT2D eigenvalue weighted by atomic mass is 9.86. The predicted molar refractivity (Wildman–Crippen MR) is 228 cm³/mol. The first-order valence-corrected chi connectivity index (χ1v) is 21.4. The van der Waals surface area contributed by atoms with Crippen molar-refractivity contribution in [3.05, 3.63) is 170 Å². The highest BCUT2D eigenvalue weighted by molar-refractivity contribution is 7.05. The lowest BCUT2D eigenvalue weighted by molar-refractivity contribution is 1.37. The topological polar surface area (TPSA) is 25.8 Å². The van der Waals surface area contributed by atoms with Crippen LogP contribution in [0.2, 0.25) is 13.1 Å². The maximum absolute atomic E-state index is 5.46. The molecule has 2 nitrogen and oxygen atoms in total. The molecule has 1 aliphatic rings. The van der Waals surface area contributed by atoms with Crippen LogP contribution in [0.25, 0.3) is 98.9 Å². The van der Waals surface area contributed by atoms with Gasteiger partial charge in [-0.25, -0.2) is 9.97 Å². The summed E-state index contributed by atoms with van der Waals surface area (Å²) in [6, 6.07) is 62.0. The van der Waals surface area contributed by atoms with Gasteiger partial charge in [0.15, 0.2) is 0 Å². The molecule has 0 radical (unpaired) electrons. The Labute approximate surface area is 309 Å². The van der Waals surface area contributed by atoms with Gasteiger partial charge in [0.25, 0.3) is 0 Å². The van der Waals surface area contributed by atoms with Gasteiger partial charge in [-0.1, -0.05) is 165 Å². The monoisotopic (exact) mass is 690 g/mol. The molecule has 3 heteroatoms. The molecule has 0 N–H and O–H groups in total. The normalized spacial score (nSPS) is 13.2. The Morgan fingerprint density at radius 2 is 0.925 bits per heavy atom. The minimum Gasteiger partial charge on any atom is -0.245 e. The first kappa shape index (κ1) is 30.2. The fourth-order valence-corrected chi connectivity index (χ4v) is 12.6. The number of benzene rings is 8. The van der Waals surface area contributed by atoms with E-state index >= 15 is 0 Å². The van der Waals surface area contributed by atoms with Gasteiger partial charge in [-0.2, -0.15) is 0 Å². The van der Waals surface area contributed by atoms with E-state index in [4.69, 9.17) is 9.97 Å². The van der Waals surface area contributed by atoms with Crippen LogP contribution in [0.5, 0.6) is 0 Å². The van der Waals surface area contributed by atoms with Crippen molar-refractivity contribution in [1.82, 2.24) is 9.97 Å². The van der Waals surface area contributed by atoms with Gasteiger partial charge in [0.05, 0.1) is 22.4 Å². The molecule has 0 bridgehead atoms. The maximum atomic E-state index is 5.46. The van der Waals surface area contributed by atoms with Crippen molar-refractivity contribution in [1.29, 1.82) is 0 Å². The molecule has 3 heterocycles. The molecule has 0 aliphatic carbocycles. The van der Waals surface area contributed by atoms with Gasteiger partial charge in [-0.15, -0.1) is 0 Å². The van der Waals surface area contributed by atoms with Gasteiger partial charge >= 0.3 is 0 Å². The van der Waals surface area contributed by atoms with Crippen molar-refractivity contribution < 1.29 is 0 Å². The Morgan fingerprint density at radius 1 is 0.377 bits per heavy atom. The average molecular weight is 691 g/mol. The van der Waals surface area contributed by atoms with E-state index in [1.54, 1.807) is 10.4 Å². The number of hydrogen-bond donors (Lipinski definition) is 0. The molecular formula is C50H34N2Si. The zero-order chi connectivity index (χ0) is 35.3. The summed E-state index contributed by atoms with van der Waals surface area (Å²) in [6.45, 7) is 5.01. The summed E-state index contributed by atoms with van der Waals surface area (Å²) >= 11 is 0. The third-order valence-corrected chi connectivity index (χ3v) is 15.2. The molecule has 0 spiro atoms. The molecule has 0 atom stereocenters. The SMILES string of the molecule is C[Si]1(C)c2ccccc2-c2ccc3cc(-c4c5ccccc5c(-c5ccc6ccc7ccc(-c8ccccc8)nc7c6n5)c5ccccc45)ccc3c21. The van der Waals surface area contributed by atoms with Crippen LogP contribution >= 0.6 is 0 Å². The Morgan fingerprint density at radius 3 is 1.62 bits per heavy atom. The molecule has 53 heavy (non-hydrogen) atoms. The first-order chi connectivity index (χ1) is 26.0. The molecule has 10 aromatic rings. The lowest BCUT2D eigenvalue weighted by Gasteiger charge is -2.21. The summed E-state index contributed by atoms with van der Waals surface area (Å²) in [5.41, 5.74) is 11.3. The second-order valence-electron chi connectivity index (χ2n) is 14.9. The van der Waals surface area contributed by atoms with Crippen molar-refractivity contribution in [3.63, 3.8) is 0 Å². The zero-order valence-electron chi connectivity index (χ0n) is 29.6. The molecule has 0 saturated heterocycles. The number of nitrogens with zero attached hydrogens (tertiary/aromatic N) is 2. The van der Waals surface area contributed by atoms with Gasteiger partial charge in [0.1, 0.15) is 8.07 Å².